The van der Waals surface area contributed by atoms with E-state index in [1.54, 1.807) is 0 Å². The van der Waals surface area contributed by atoms with Crippen molar-refractivity contribution in [3.05, 3.63) is 29.3 Å². The minimum Gasteiger partial charge on any atom is -0.493 e. The molecule has 2 N–H and O–H groups in total. The van der Waals surface area contributed by atoms with E-state index >= 15 is 0 Å². The normalized spacial score (nSPS) is 27.7. The lowest BCUT2D eigenvalue weighted by atomic mass is 9.81. The minimum atomic E-state index is -0.0800. The number of nitrogens with zero attached hydrogens (tertiary/aromatic N) is 1. The van der Waals surface area contributed by atoms with Crippen LogP contribution in [0.1, 0.15) is 17.5 Å². The van der Waals surface area contributed by atoms with Gasteiger partial charge >= 0.3 is 0 Å². The molecule has 4 heteroatoms. The van der Waals surface area contributed by atoms with Crippen molar-refractivity contribution in [2.45, 2.75) is 18.9 Å². The summed E-state index contributed by atoms with van der Waals surface area (Å²) >= 11 is 0. The van der Waals surface area contributed by atoms with Crippen LogP contribution in [0.2, 0.25) is 0 Å². The van der Waals surface area contributed by atoms with Crippen LogP contribution >= 0.6 is 0 Å². The first-order valence-corrected chi connectivity index (χ1v) is 7.03. The van der Waals surface area contributed by atoms with E-state index in [4.69, 9.17) is 15.2 Å². The Bertz CT molecular complexity index is 457. The molecule has 2 heterocycles. The largest absolute Gasteiger partial charge is 0.493 e. The Hall–Kier alpha value is -1.10. The molecule has 1 aromatic rings. The second kappa shape index (κ2) is 5.12. The molecule has 1 saturated heterocycles. The van der Waals surface area contributed by atoms with Crippen molar-refractivity contribution in [2.75, 3.05) is 39.5 Å². The molecule has 19 heavy (non-hydrogen) atoms. The lowest BCUT2D eigenvalue weighted by Crippen LogP contribution is -2.57. The highest BCUT2D eigenvalue weighted by Gasteiger charge is 2.42. The average Bonchev–Trinajstić information content (AvgIpc) is 2.47. The molecule has 0 amide bonds. The maximum Gasteiger partial charge on any atom is 0.124 e. The molecule has 1 atom stereocenters. The molecule has 1 aromatic carbocycles. The number of morpholine rings is 1. The van der Waals surface area contributed by atoms with Crippen molar-refractivity contribution >= 4 is 0 Å². The van der Waals surface area contributed by atoms with E-state index in [2.05, 4.69) is 30.0 Å². The standard InChI is InChI=1S/C15H22N2O2/c1-12-2-3-14-13(10-12)15(11-16,4-7-19-14)17-5-8-18-9-6-17/h2-3,10H,4-9,11,16H2,1H3. The second-order valence-electron chi connectivity index (χ2n) is 5.43. The highest BCUT2D eigenvalue weighted by Crippen LogP contribution is 2.41. The summed E-state index contributed by atoms with van der Waals surface area (Å²) in [5, 5.41) is 0. The third-order valence-corrected chi connectivity index (χ3v) is 4.36. The molecular formula is C15H22N2O2. The fraction of sp³-hybridized carbons (Fsp3) is 0.600. The summed E-state index contributed by atoms with van der Waals surface area (Å²) in [6.45, 7) is 6.98. The van der Waals surface area contributed by atoms with Gasteiger partial charge in [0, 0.05) is 31.6 Å². The van der Waals surface area contributed by atoms with Gasteiger partial charge in [0.15, 0.2) is 0 Å². The topological polar surface area (TPSA) is 47.7 Å². The van der Waals surface area contributed by atoms with Crippen LogP contribution in [-0.2, 0) is 10.3 Å². The van der Waals surface area contributed by atoms with E-state index in [1.165, 1.54) is 11.1 Å². The first kappa shape index (κ1) is 12.9. The van der Waals surface area contributed by atoms with E-state index in [1.807, 2.05) is 0 Å². The first-order valence-electron chi connectivity index (χ1n) is 7.03. The lowest BCUT2D eigenvalue weighted by Gasteiger charge is -2.48. The smallest absolute Gasteiger partial charge is 0.124 e. The summed E-state index contributed by atoms with van der Waals surface area (Å²) in [4.78, 5) is 2.48. The molecule has 1 fully saturated rings. The number of aryl methyl sites for hydroxylation is 1. The van der Waals surface area contributed by atoms with Crippen LogP contribution in [0.4, 0.5) is 0 Å². The Kier molecular flexibility index (Phi) is 3.48. The quantitative estimate of drug-likeness (QED) is 0.872. The first-order chi connectivity index (χ1) is 9.26. The highest BCUT2D eigenvalue weighted by molar-refractivity contribution is 5.44. The molecule has 0 saturated carbocycles. The SMILES string of the molecule is Cc1ccc2c(c1)C(CN)(N1CCOCC1)CCO2. The monoisotopic (exact) mass is 262 g/mol. The van der Waals surface area contributed by atoms with Gasteiger partial charge < -0.3 is 15.2 Å². The molecule has 3 rings (SSSR count). The van der Waals surface area contributed by atoms with Gasteiger partial charge in [-0.1, -0.05) is 17.7 Å². The maximum atomic E-state index is 6.20. The Morgan fingerprint density at radius 2 is 2.05 bits per heavy atom. The van der Waals surface area contributed by atoms with E-state index in [9.17, 15) is 0 Å². The van der Waals surface area contributed by atoms with Crippen LogP contribution in [0.5, 0.6) is 5.75 Å². The van der Waals surface area contributed by atoms with Gasteiger partial charge in [0.1, 0.15) is 5.75 Å². The van der Waals surface area contributed by atoms with Crippen molar-refractivity contribution in [2.24, 2.45) is 5.73 Å². The number of nitrogens with two attached hydrogens (primary N) is 1. The Balaban J connectivity index is 2.04. The third kappa shape index (κ3) is 2.14. The molecule has 4 nitrogen and oxygen atoms in total. The zero-order valence-corrected chi connectivity index (χ0v) is 11.5. The van der Waals surface area contributed by atoms with Gasteiger partial charge in [-0.25, -0.2) is 0 Å². The molecule has 0 spiro atoms. The fourth-order valence-electron chi connectivity index (χ4n) is 3.26. The van der Waals surface area contributed by atoms with E-state index in [0.29, 0.717) is 6.54 Å². The van der Waals surface area contributed by atoms with E-state index in [0.717, 1.165) is 45.1 Å². The summed E-state index contributed by atoms with van der Waals surface area (Å²) in [6.07, 6.45) is 0.958. The van der Waals surface area contributed by atoms with Crippen LogP contribution in [0, 0.1) is 6.92 Å². The van der Waals surface area contributed by atoms with Gasteiger partial charge in [-0.3, -0.25) is 4.90 Å². The Morgan fingerprint density at radius 3 is 2.79 bits per heavy atom. The zero-order chi connectivity index (χ0) is 13.3. The maximum absolute atomic E-state index is 6.20. The molecule has 0 radical (unpaired) electrons. The summed E-state index contributed by atoms with van der Waals surface area (Å²) in [6, 6.07) is 6.41. The minimum absolute atomic E-state index is 0.0800. The van der Waals surface area contributed by atoms with Gasteiger partial charge in [0.05, 0.1) is 25.4 Å². The van der Waals surface area contributed by atoms with Crippen LogP contribution in [0.3, 0.4) is 0 Å². The second-order valence-corrected chi connectivity index (χ2v) is 5.43. The molecule has 2 aliphatic heterocycles. The number of hydrogen-bond acceptors (Lipinski definition) is 4. The molecular weight excluding hydrogens is 240 g/mol. The third-order valence-electron chi connectivity index (χ3n) is 4.36. The highest BCUT2D eigenvalue weighted by atomic mass is 16.5. The van der Waals surface area contributed by atoms with Gasteiger partial charge in [0.2, 0.25) is 0 Å². The van der Waals surface area contributed by atoms with Crippen LogP contribution in [0.15, 0.2) is 18.2 Å². The number of benzene rings is 1. The van der Waals surface area contributed by atoms with Crippen molar-refractivity contribution in [3.63, 3.8) is 0 Å². The van der Waals surface area contributed by atoms with E-state index < -0.39 is 0 Å². The van der Waals surface area contributed by atoms with Gasteiger partial charge in [-0.2, -0.15) is 0 Å². The van der Waals surface area contributed by atoms with Gasteiger partial charge in [0.25, 0.3) is 0 Å². The summed E-state index contributed by atoms with van der Waals surface area (Å²) in [7, 11) is 0. The fourth-order valence-corrected chi connectivity index (χ4v) is 3.26. The number of ether oxygens (including phenoxy) is 2. The lowest BCUT2D eigenvalue weighted by molar-refractivity contribution is -0.0365. The number of hydrogen-bond donors (Lipinski definition) is 1. The average molecular weight is 262 g/mol. The summed E-state index contributed by atoms with van der Waals surface area (Å²) in [5.41, 5.74) is 8.63. The van der Waals surface area contributed by atoms with Crippen molar-refractivity contribution in [1.29, 1.82) is 0 Å². The molecule has 104 valence electrons. The molecule has 2 aliphatic rings. The predicted octanol–water partition coefficient (Wildman–Crippen LogP) is 1.26. The summed E-state index contributed by atoms with van der Waals surface area (Å²) < 4.78 is 11.3. The predicted molar refractivity (Wildman–Crippen MR) is 74.4 cm³/mol. The number of fused-ring (bicyclic) bond motifs is 1. The zero-order valence-electron chi connectivity index (χ0n) is 11.5. The van der Waals surface area contributed by atoms with Crippen LogP contribution in [0.25, 0.3) is 0 Å². The molecule has 0 aliphatic carbocycles. The molecule has 0 bridgehead atoms. The van der Waals surface area contributed by atoms with Gasteiger partial charge in [-0.15, -0.1) is 0 Å². The number of rotatable bonds is 2. The Labute approximate surface area is 114 Å². The summed E-state index contributed by atoms with van der Waals surface area (Å²) in [5.74, 6) is 0.994. The van der Waals surface area contributed by atoms with Crippen LogP contribution in [-0.4, -0.2) is 44.4 Å². The molecule has 1 unspecified atom stereocenters. The van der Waals surface area contributed by atoms with Crippen molar-refractivity contribution in [3.8, 4) is 5.75 Å². The molecule has 0 aromatic heterocycles. The van der Waals surface area contributed by atoms with Crippen molar-refractivity contribution < 1.29 is 9.47 Å². The van der Waals surface area contributed by atoms with Crippen LogP contribution < -0.4 is 10.5 Å². The Morgan fingerprint density at radius 1 is 1.26 bits per heavy atom. The van der Waals surface area contributed by atoms with Crippen molar-refractivity contribution in [1.82, 2.24) is 4.90 Å². The van der Waals surface area contributed by atoms with Gasteiger partial charge in [-0.05, 0) is 13.0 Å². The van der Waals surface area contributed by atoms with E-state index in [-0.39, 0.29) is 5.54 Å².